The third-order valence-corrected chi connectivity index (χ3v) is 1.24. The van der Waals surface area contributed by atoms with E-state index in [4.69, 9.17) is 5.53 Å². The fourth-order valence-corrected chi connectivity index (χ4v) is 0.729. The van der Waals surface area contributed by atoms with Gasteiger partial charge < -0.3 is 0 Å². The highest BCUT2D eigenvalue weighted by Crippen LogP contribution is 2.07. The van der Waals surface area contributed by atoms with Gasteiger partial charge in [-0.1, -0.05) is 12.1 Å². The predicted molar refractivity (Wildman–Crippen MR) is 39.9 cm³/mol. The van der Waals surface area contributed by atoms with Gasteiger partial charge in [-0.25, -0.2) is 4.39 Å². The highest BCUT2D eigenvalue weighted by atomic mass is 19.1. The van der Waals surface area contributed by atoms with Crippen molar-refractivity contribution in [3.63, 3.8) is 0 Å². The lowest BCUT2D eigenvalue weighted by Gasteiger charge is -1.94. The second-order valence-corrected chi connectivity index (χ2v) is 1.97. The number of amides is 1. The van der Waals surface area contributed by atoms with Crippen LogP contribution in [0.4, 0.5) is 4.39 Å². The van der Waals surface area contributed by atoms with Crippen LogP contribution in [0.15, 0.2) is 29.4 Å². The zero-order chi connectivity index (χ0) is 8.97. The Morgan fingerprint density at radius 2 is 2.17 bits per heavy atom. The van der Waals surface area contributed by atoms with E-state index in [0.29, 0.717) is 0 Å². The van der Waals surface area contributed by atoms with Gasteiger partial charge in [0.05, 0.1) is 5.56 Å². The minimum atomic E-state index is -0.907. The number of benzene rings is 1. The Kier molecular flexibility index (Phi) is 2.40. The minimum Gasteiger partial charge on any atom is -0.287 e. The number of azide groups is 1. The van der Waals surface area contributed by atoms with Gasteiger partial charge in [0.2, 0.25) is 0 Å². The van der Waals surface area contributed by atoms with Crippen LogP contribution < -0.4 is 0 Å². The molecular formula is C7H4FN3O. The first kappa shape index (κ1) is 8.23. The maximum Gasteiger partial charge on any atom is 0.252 e. The van der Waals surface area contributed by atoms with Crippen LogP contribution >= 0.6 is 0 Å². The van der Waals surface area contributed by atoms with E-state index in [0.717, 1.165) is 6.07 Å². The Labute approximate surface area is 67.3 Å². The van der Waals surface area contributed by atoms with Crippen LogP contribution in [0.5, 0.6) is 0 Å². The molecule has 0 bridgehead atoms. The predicted octanol–water partition coefficient (Wildman–Crippen LogP) is 2.28. The molecule has 0 aliphatic heterocycles. The first-order chi connectivity index (χ1) is 5.75. The number of nitrogens with zero attached hydrogens (tertiary/aromatic N) is 3. The number of rotatable bonds is 1. The van der Waals surface area contributed by atoms with Crippen molar-refractivity contribution in [2.45, 2.75) is 0 Å². The van der Waals surface area contributed by atoms with Gasteiger partial charge in [-0.2, -0.15) is 0 Å². The first-order valence-corrected chi connectivity index (χ1v) is 3.09. The van der Waals surface area contributed by atoms with E-state index in [1.165, 1.54) is 18.2 Å². The van der Waals surface area contributed by atoms with Crippen molar-refractivity contribution in [3.05, 3.63) is 46.1 Å². The zero-order valence-corrected chi connectivity index (χ0v) is 5.94. The number of carbonyl (C=O) groups is 1. The number of carbonyl (C=O) groups excluding carboxylic acids is 1. The fourth-order valence-electron chi connectivity index (χ4n) is 0.729. The van der Waals surface area contributed by atoms with Gasteiger partial charge in [-0.3, -0.25) is 4.79 Å². The first-order valence-electron chi connectivity index (χ1n) is 3.09. The van der Waals surface area contributed by atoms with Crippen molar-refractivity contribution in [2.75, 3.05) is 0 Å². The molecule has 0 spiro atoms. The summed E-state index contributed by atoms with van der Waals surface area (Å²) in [5, 5.41) is 2.76. The molecule has 0 radical (unpaired) electrons. The van der Waals surface area contributed by atoms with Crippen LogP contribution in [0.2, 0.25) is 0 Å². The molecular weight excluding hydrogens is 161 g/mol. The van der Waals surface area contributed by atoms with Gasteiger partial charge in [0.15, 0.2) is 0 Å². The van der Waals surface area contributed by atoms with Crippen LogP contribution in [0.3, 0.4) is 0 Å². The summed E-state index contributed by atoms with van der Waals surface area (Å²) in [7, 11) is 0. The van der Waals surface area contributed by atoms with Crippen molar-refractivity contribution in [3.8, 4) is 0 Å². The summed E-state index contributed by atoms with van der Waals surface area (Å²) in [5.41, 5.74) is 7.69. The minimum absolute atomic E-state index is 0.213. The molecule has 0 saturated carbocycles. The quantitative estimate of drug-likeness (QED) is 0.357. The smallest absolute Gasteiger partial charge is 0.252 e. The highest BCUT2D eigenvalue weighted by Gasteiger charge is 2.07. The molecule has 0 N–H and O–H groups in total. The topological polar surface area (TPSA) is 65.8 Å². The van der Waals surface area contributed by atoms with Crippen LogP contribution in [0.25, 0.3) is 10.4 Å². The molecule has 1 rings (SSSR count). The summed E-state index contributed by atoms with van der Waals surface area (Å²) in [6, 6.07) is 5.32. The van der Waals surface area contributed by atoms with Crippen molar-refractivity contribution in [2.24, 2.45) is 5.11 Å². The lowest BCUT2D eigenvalue weighted by molar-refractivity contribution is 0.0996. The molecule has 1 aromatic rings. The Balaban J connectivity index is 3.11. The van der Waals surface area contributed by atoms with Gasteiger partial charge in [0.25, 0.3) is 5.91 Å². The summed E-state index contributed by atoms with van der Waals surface area (Å²) in [4.78, 5) is 13.1. The summed E-state index contributed by atoms with van der Waals surface area (Å²) in [5.74, 6) is -1.59. The van der Waals surface area contributed by atoms with Crippen molar-refractivity contribution in [1.82, 2.24) is 0 Å². The Bertz CT molecular complexity index is 357. The van der Waals surface area contributed by atoms with E-state index >= 15 is 0 Å². The monoisotopic (exact) mass is 165 g/mol. The SMILES string of the molecule is [N-]=[N+]=NC(=O)c1ccccc1F. The molecule has 60 valence electrons. The van der Waals surface area contributed by atoms with E-state index in [-0.39, 0.29) is 5.56 Å². The van der Waals surface area contributed by atoms with Gasteiger partial charge in [-0.15, -0.1) is 0 Å². The molecule has 0 atom stereocenters. The molecule has 1 amide bonds. The summed E-state index contributed by atoms with van der Waals surface area (Å²) < 4.78 is 12.8. The molecule has 1 aromatic carbocycles. The third kappa shape index (κ3) is 1.59. The van der Waals surface area contributed by atoms with Gasteiger partial charge >= 0.3 is 0 Å². The van der Waals surface area contributed by atoms with Gasteiger partial charge in [-0.05, 0) is 22.8 Å². The molecule has 0 saturated heterocycles. The second kappa shape index (κ2) is 3.50. The lowest BCUT2D eigenvalue weighted by Crippen LogP contribution is -1.96. The highest BCUT2D eigenvalue weighted by molar-refractivity contribution is 5.95. The average Bonchev–Trinajstić information content (AvgIpc) is 2.05. The average molecular weight is 165 g/mol. The molecule has 0 aliphatic carbocycles. The summed E-state index contributed by atoms with van der Waals surface area (Å²) >= 11 is 0. The van der Waals surface area contributed by atoms with E-state index < -0.39 is 11.7 Å². The summed E-state index contributed by atoms with van der Waals surface area (Å²) in [6.07, 6.45) is 0. The summed E-state index contributed by atoms with van der Waals surface area (Å²) in [6.45, 7) is 0. The normalized spacial score (nSPS) is 8.75. The van der Waals surface area contributed by atoms with E-state index in [1.807, 2.05) is 0 Å². The van der Waals surface area contributed by atoms with Crippen LogP contribution in [-0.2, 0) is 0 Å². The van der Waals surface area contributed by atoms with E-state index in [9.17, 15) is 9.18 Å². The molecule has 0 fully saturated rings. The Morgan fingerprint density at radius 3 is 2.75 bits per heavy atom. The molecule has 0 aliphatic rings. The van der Waals surface area contributed by atoms with Crippen LogP contribution in [0.1, 0.15) is 10.4 Å². The van der Waals surface area contributed by atoms with Crippen molar-refractivity contribution >= 4 is 5.91 Å². The molecule has 0 heterocycles. The molecule has 4 nitrogen and oxygen atoms in total. The second-order valence-electron chi connectivity index (χ2n) is 1.97. The Morgan fingerprint density at radius 1 is 1.50 bits per heavy atom. The maximum atomic E-state index is 12.8. The maximum absolute atomic E-state index is 12.8. The molecule has 5 heteroatoms. The number of halogens is 1. The van der Waals surface area contributed by atoms with Crippen molar-refractivity contribution < 1.29 is 9.18 Å². The fraction of sp³-hybridized carbons (Fsp3) is 0. The van der Waals surface area contributed by atoms with E-state index in [2.05, 4.69) is 10.0 Å². The third-order valence-electron chi connectivity index (χ3n) is 1.24. The zero-order valence-electron chi connectivity index (χ0n) is 5.94. The Hall–Kier alpha value is -1.87. The van der Waals surface area contributed by atoms with Gasteiger partial charge in [0, 0.05) is 4.91 Å². The standard InChI is InChI=1S/C7H4FN3O/c8-6-4-2-1-3-5(6)7(12)10-11-9/h1-4H. The van der Waals surface area contributed by atoms with Crippen molar-refractivity contribution in [1.29, 1.82) is 0 Å². The van der Waals surface area contributed by atoms with E-state index in [1.54, 1.807) is 0 Å². The number of hydrogen-bond acceptors (Lipinski definition) is 1. The van der Waals surface area contributed by atoms with Crippen LogP contribution in [0, 0.1) is 5.82 Å². The molecule has 0 unspecified atom stereocenters. The lowest BCUT2D eigenvalue weighted by atomic mass is 10.2. The molecule has 0 aromatic heterocycles. The van der Waals surface area contributed by atoms with Gasteiger partial charge in [0.1, 0.15) is 5.82 Å². The largest absolute Gasteiger partial charge is 0.287 e. The molecule has 12 heavy (non-hydrogen) atoms. The number of hydrogen-bond donors (Lipinski definition) is 0. The van der Waals surface area contributed by atoms with Crippen LogP contribution in [-0.4, -0.2) is 5.91 Å².